The van der Waals surface area contributed by atoms with Crippen LogP contribution in [0.3, 0.4) is 0 Å². The van der Waals surface area contributed by atoms with E-state index in [0.717, 1.165) is 25.0 Å². The van der Waals surface area contributed by atoms with Crippen molar-refractivity contribution >= 4 is 13.9 Å². The zero-order chi connectivity index (χ0) is 16.5. The van der Waals surface area contributed by atoms with Gasteiger partial charge in [-0.25, -0.2) is 0 Å². The van der Waals surface area contributed by atoms with Gasteiger partial charge in [0.05, 0.1) is 11.1 Å². The lowest BCUT2D eigenvalue weighted by molar-refractivity contribution is -0.142. The summed E-state index contributed by atoms with van der Waals surface area (Å²) in [6, 6.07) is 1.82. The molecule has 21 heavy (non-hydrogen) atoms. The molecule has 0 amide bonds. The molecule has 0 aromatic heterocycles. The highest BCUT2D eigenvalue weighted by molar-refractivity contribution is 7.48. The first-order valence-electron chi connectivity index (χ1n) is 6.43. The minimum Gasteiger partial charge on any atom is -0.166 e. The van der Waals surface area contributed by atoms with Gasteiger partial charge in [-0.05, 0) is 35.1 Å². The third kappa shape index (κ3) is 5.50. The normalized spacial score (nSPS) is 14.1. The van der Waals surface area contributed by atoms with Gasteiger partial charge in [-0.15, -0.1) is 0 Å². The number of rotatable bonds is 4. The van der Waals surface area contributed by atoms with Crippen LogP contribution in [0.5, 0.6) is 0 Å². The first kappa shape index (κ1) is 18.3. The van der Waals surface area contributed by atoms with E-state index in [1.807, 2.05) is 20.8 Å². The second-order valence-electron chi connectivity index (χ2n) is 5.55. The molecule has 0 N–H and O–H groups in total. The topological polar surface area (TPSA) is 0 Å². The fourth-order valence-corrected chi connectivity index (χ4v) is 3.72. The fraction of sp³-hybridized carbons (Fsp3) is 0.571. The predicted octanol–water partition coefficient (Wildman–Crippen LogP) is 5.61. The largest absolute Gasteiger partial charge is 0.416 e. The van der Waals surface area contributed by atoms with Gasteiger partial charge in [0.15, 0.2) is 0 Å². The molecule has 7 heteroatoms. The van der Waals surface area contributed by atoms with Gasteiger partial charge < -0.3 is 0 Å². The Bertz CT molecular complexity index is 455. The first-order valence-corrected chi connectivity index (χ1v) is 7.43. The Kier molecular flexibility index (Phi) is 5.36. The van der Waals surface area contributed by atoms with E-state index in [-0.39, 0.29) is 25.1 Å². The summed E-state index contributed by atoms with van der Waals surface area (Å²) in [4.78, 5) is 0. The van der Waals surface area contributed by atoms with Crippen LogP contribution in [0.15, 0.2) is 18.2 Å². The van der Waals surface area contributed by atoms with Crippen molar-refractivity contribution in [2.24, 2.45) is 0 Å². The molecule has 1 rings (SSSR count). The van der Waals surface area contributed by atoms with Crippen LogP contribution in [0.4, 0.5) is 26.3 Å². The van der Waals surface area contributed by atoms with Crippen LogP contribution >= 0.6 is 8.58 Å². The molecule has 0 aliphatic heterocycles. The summed E-state index contributed by atoms with van der Waals surface area (Å²) in [7, 11) is -0.111. The molecule has 0 spiro atoms. The molecule has 0 saturated carbocycles. The van der Waals surface area contributed by atoms with E-state index in [1.54, 1.807) is 0 Å². The summed E-state index contributed by atoms with van der Waals surface area (Å²) in [6.07, 6.45) is -8.00. The Hall–Kier alpha value is -0.770. The number of hydrogen-bond donors (Lipinski definition) is 0. The molecule has 0 fully saturated rings. The standard InChI is InChI=1S/C14H17F6P/c1-4-5-12(2,3)21-11-7-9(13(15,16)17)6-10(8-11)14(18,19)20/h6-8,21H,4-5H2,1-3H3. The molecule has 1 atom stereocenters. The maximum Gasteiger partial charge on any atom is 0.416 e. The second-order valence-corrected chi connectivity index (χ2v) is 7.73. The predicted molar refractivity (Wildman–Crippen MR) is 73.4 cm³/mol. The van der Waals surface area contributed by atoms with Crippen molar-refractivity contribution in [2.75, 3.05) is 0 Å². The monoisotopic (exact) mass is 330 g/mol. The number of benzene rings is 1. The van der Waals surface area contributed by atoms with Crippen LogP contribution < -0.4 is 5.30 Å². The first-order chi connectivity index (χ1) is 9.35. The molecule has 0 aliphatic rings. The highest BCUT2D eigenvalue weighted by Crippen LogP contribution is 2.39. The van der Waals surface area contributed by atoms with Gasteiger partial charge in [0.2, 0.25) is 0 Å². The number of alkyl halides is 6. The SMILES string of the molecule is CCCC(C)(C)Pc1cc(C(F)(F)F)cc(C(F)(F)F)c1. The maximum atomic E-state index is 12.8. The summed E-state index contributed by atoms with van der Waals surface area (Å²) < 4.78 is 76.5. The maximum absolute atomic E-state index is 12.8. The average Bonchev–Trinajstić information content (AvgIpc) is 2.25. The zero-order valence-electron chi connectivity index (χ0n) is 11.9. The number of hydrogen-bond acceptors (Lipinski definition) is 0. The Morgan fingerprint density at radius 1 is 0.857 bits per heavy atom. The van der Waals surface area contributed by atoms with Crippen molar-refractivity contribution in [3.8, 4) is 0 Å². The van der Waals surface area contributed by atoms with Crippen LogP contribution in [-0.2, 0) is 12.4 Å². The van der Waals surface area contributed by atoms with Crippen LogP contribution in [0.1, 0.15) is 44.7 Å². The van der Waals surface area contributed by atoms with E-state index in [4.69, 9.17) is 0 Å². The van der Waals surface area contributed by atoms with Gasteiger partial charge in [-0.3, -0.25) is 0 Å². The van der Waals surface area contributed by atoms with Crippen molar-refractivity contribution in [3.05, 3.63) is 29.3 Å². The molecule has 0 heterocycles. The van der Waals surface area contributed by atoms with Gasteiger partial charge >= 0.3 is 12.4 Å². The fourth-order valence-electron chi connectivity index (χ4n) is 2.11. The van der Waals surface area contributed by atoms with Gasteiger partial charge in [-0.2, -0.15) is 26.3 Å². The molecule has 1 unspecified atom stereocenters. The lowest BCUT2D eigenvalue weighted by Crippen LogP contribution is -2.20. The van der Waals surface area contributed by atoms with Gasteiger partial charge in [-0.1, -0.05) is 35.8 Å². The highest BCUT2D eigenvalue weighted by Gasteiger charge is 2.37. The molecule has 1 aromatic carbocycles. The van der Waals surface area contributed by atoms with Crippen molar-refractivity contribution in [2.45, 2.75) is 51.1 Å². The molecule has 0 radical (unpaired) electrons. The van der Waals surface area contributed by atoms with Crippen molar-refractivity contribution in [1.82, 2.24) is 0 Å². The molecule has 0 saturated heterocycles. The Labute approximate surface area is 121 Å². The van der Waals surface area contributed by atoms with Gasteiger partial charge in [0.25, 0.3) is 0 Å². The van der Waals surface area contributed by atoms with E-state index in [1.165, 1.54) is 0 Å². The summed E-state index contributed by atoms with van der Waals surface area (Å²) in [5.41, 5.74) is -2.49. The minimum atomic E-state index is -4.78. The van der Waals surface area contributed by atoms with Crippen LogP contribution in [-0.4, -0.2) is 5.16 Å². The Morgan fingerprint density at radius 2 is 1.29 bits per heavy atom. The molecular formula is C14H17F6P. The van der Waals surface area contributed by atoms with Crippen LogP contribution in [0.2, 0.25) is 0 Å². The molecule has 0 aliphatic carbocycles. The Morgan fingerprint density at radius 3 is 1.62 bits per heavy atom. The summed E-state index contributed by atoms with van der Waals surface area (Å²) >= 11 is 0. The highest BCUT2D eigenvalue weighted by atomic mass is 31.1. The van der Waals surface area contributed by atoms with E-state index in [2.05, 4.69) is 0 Å². The smallest absolute Gasteiger partial charge is 0.166 e. The van der Waals surface area contributed by atoms with Crippen molar-refractivity contribution < 1.29 is 26.3 Å². The van der Waals surface area contributed by atoms with Crippen LogP contribution in [0, 0.1) is 0 Å². The van der Waals surface area contributed by atoms with Crippen molar-refractivity contribution in [1.29, 1.82) is 0 Å². The molecule has 1 aromatic rings. The second kappa shape index (κ2) is 6.15. The lowest BCUT2D eigenvalue weighted by Gasteiger charge is -2.25. The molecule has 120 valence electrons. The summed E-state index contributed by atoms with van der Waals surface area (Å²) in [5, 5.41) is -0.224. The van der Waals surface area contributed by atoms with Crippen molar-refractivity contribution in [3.63, 3.8) is 0 Å². The molecular weight excluding hydrogens is 313 g/mol. The Balaban J connectivity index is 3.26. The molecule has 0 nitrogen and oxygen atoms in total. The third-order valence-electron chi connectivity index (χ3n) is 2.95. The third-order valence-corrected chi connectivity index (χ3v) is 4.45. The van der Waals surface area contributed by atoms with E-state index < -0.39 is 23.5 Å². The van der Waals surface area contributed by atoms with E-state index in [9.17, 15) is 26.3 Å². The van der Waals surface area contributed by atoms with Crippen LogP contribution in [0.25, 0.3) is 0 Å². The number of halogens is 6. The minimum absolute atomic E-state index is 0.0931. The van der Waals surface area contributed by atoms with Gasteiger partial charge in [0, 0.05) is 0 Å². The van der Waals surface area contributed by atoms with E-state index >= 15 is 0 Å². The zero-order valence-corrected chi connectivity index (χ0v) is 12.9. The average molecular weight is 330 g/mol. The lowest BCUT2D eigenvalue weighted by atomic mass is 10.1. The quantitative estimate of drug-likeness (QED) is 0.497. The van der Waals surface area contributed by atoms with E-state index in [0.29, 0.717) is 0 Å². The summed E-state index contributed by atoms with van der Waals surface area (Å²) in [5.74, 6) is 0. The van der Waals surface area contributed by atoms with Gasteiger partial charge in [0.1, 0.15) is 0 Å². The summed E-state index contributed by atoms with van der Waals surface area (Å²) in [6.45, 7) is 5.63. The molecule has 0 bridgehead atoms.